The summed E-state index contributed by atoms with van der Waals surface area (Å²) in [4.78, 5) is 23.1. The van der Waals surface area contributed by atoms with Crippen molar-refractivity contribution in [2.24, 2.45) is 0 Å². The van der Waals surface area contributed by atoms with Crippen molar-refractivity contribution in [2.75, 3.05) is 7.11 Å². The summed E-state index contributed by atoms with van der Waals surface area (Å²) in [5, 5.41) is 10.5. The van der Waals surface area contributed by atoms with Crippen molar-refractivity contribution < 1.29 is 23.5 Å². The van der Waals surface area contributed by atoms with E-state index in [1.807, 2.05) is 0 Å². The van der Waals surface area contributed by atoms with Crippen LogP contribution >= 0.6 is 0 Å². The van der Waals surface area contributed by atoms with Crippen LogP contribution in [-0.2, 0) is 22.7 Å². The van der Waals surface area contributed by atoms with Crippen LogP contribution in [0.5, 0.6) is 5.75 Å². The lowest BCUT2D eigenvalue weighted by Gasteiger charge is -2.05. The number of rotatable bonds is 7. The molecule has 0 unspecified atom stereocenters. The first-order valence-corrected chi connectivity index (χ1v) is 8.52. The summed E-state index contributed by atoms with van der Waals surface area (Å²) < 4.78 is 15.8. The van der Waals surface area contributed by atoms with Crippen molar-refractivity contribution in [3.05, 3.63) is 65.5 Å². The van der Waals surface area contributed by atoms with E-state index in [0.29, 0.717) is 18.0 Å². The molecule has 8 heteroatoms. The highest BCUT2D eigenvalue weighted by Crippen LogP contribution is 2.21. The first kappa shape index (κ1) is 19.1. The molecule has 0 aliphatic rings. The number of nitrogens with one attached hydrogen (secondary N) is 1. The van der Waals surface area contributed by atoms with E-state index in [-0.39, 0.29) is 18.4 Å². The minimum absolute atomic E-state index is 0.114. The van der Waals surface area contributed by atoms with E-state index in [0.717, 1.165) is 16.9 Å². The second kappa shape index (κ2) is 8.81. The predicted octanol–water partition coefficient (Wildman–Crippen LogP) is 2.74. The molecule has 1 amide bonds. The highest BCUT2D eigenvalue weighted by molar-refractivity contribution is 5.89. The summed E-state index contributed by atoms with van der Waals surface area (Å²) in [5.74, 6) is 0.630. The van der Waals surface area contributed by atoms with Crippen molar-refractivity contribution in [1.82, 2.24) is 15.5 Å². The van der Waals surface area contributed by atoms with Crippen LogP contribution in [0.25, 0.3) is 11.5 Å². The van der Waals surface area contributed by atoms with E-state index in [2.05, 4.69) is 15.5 Å². The van der Waals surface area contributed by atoms with Gasteiger partial charge in [0.05, 0.1) is 12.7 Å². The molecule has 2 aromatic carbocycles. The van der Waals surface area contributed by atoms with Gasteiger partial charge in [0.15, 0.2) is 6.61 Å². The fourth-order valence-electron chi connectivity index (χ4n) is 2.36. The van der Waals surface area contributed by atoms with Gasteiger partial charge in [-0.2, -0.15) is 0 Å². The largest absolute Gasteiger partial charge is 0.497 e. The van der Waals surface area contributed by atoms with Crippen LogP contribution in [0, 0.1) is 0 Å². The van der Waals surface area contributed by atoms with Crippen molar-refractivity contribution in [1.29, 1.82) is 0 Å². The van der Waals surface area contributed by atoms with Gasteiger partial charge >= 0.3 is 5.97 Å². The Bertz CT molecular complexity index is 949. The Morgan fingerprint density at radius 1 is 1.04 bits per heavy atom. The number of benzene rings is 2. The Morgan fingerprint density at radius 3 is 2.39 bits per heavy atom. The van der Waals surface area contributed by atoms with E-state index in [9.17, 15) is 9.59 Å². The summed E-state index contributed by atoms with van der Waals surface area (Å²) in [6, 6.07) is 13.9. The van der Waals surface area contributed by atoms with E-state index in [1.165, 1.54) is 6.92 Å². The van der Waals surface area contributed by atoms with Gasteiger partial charge in [0.25, 0.3) is 5.89 Å². The van der Waals surface area contributed by atoms with Crippen LogP contribution in [0.2, 0.25) is 0 Å². The minimum Gasteiger partial charge on any atom is -0.497 e. The van der Waals surface area contributed by atoms with Gasteiger partial charge in [-0.1, -0.05) is 12.1 Å². The average Bonchev–Trinajstić information content (AvgIpc) is 3.20. The Morgan fingerprint density at radius 2 is 1.75 bits per heavy atom. The molecule has 8 nitrogen and oxygen atoms in total. The van der Waals surface area contributed by atoms with Gasteiger partial charge in [0, 0.05) is 19.0 Å². The second-order valence-electron chi connectivity index (χ2n) is 5.91. The Kier molecular flexibility index (Phi) is 6.01. The first-order chi connectivity index (χ1) is 13.5. The van der Waals surface area contributed by atoms with Gasteiger partial charge in [0.2, 0.25) is 11.8 Å². The zero-order valence-electron chi connectivity index (χ0n) is 15.5. The van der Waals surface area contributed by atoms with Gasteiger partial charge in [-0.05, 0) is 42.0 Å². The number of aromatic nitrogens is 2. The molecule has 0 aliphatic heterocycles. The number of methoxy groups -OCH3 is 1. The molecule has 0 saturated heterocycles. The number of ether oxygens (including phenoxy) is 2. The molecular weight excluding hydrogens is 362 g/mol. The minimum atomic E-state index is -0.504. The number of hydrogen-bond donors (Lipinski definition) is 1. The highest BCUT2D eigenvalue weighted by Gasteiger charge is 2.12. The third-order valence-electron chi connectivity index (χ3n) is 3.86. The Labute approximate surface area is 161 Å². The molecule has 0 atom stereocenters. The lowest BCUT2D eigenvalue weighted by molar-refractivity contribution is -0.119. The predicted molar refractivity (Wildman–Crippen MR) is 99.4 cm³/mol. The van der Waals surface area contributed by atoms with Gasteiger partial charge in [-0.25, -0.2) is 4.79 Å². The number of nitrogens with zero attached hydrogens (tertiary/aromatic N) is 2. The summed E-state index contributed by atoms with van der Waals surface area (Å²) in [7, 11) is 1.59. The van der Waals surface area contributed by atoms with Gasteiger partial charge in [-0.3, -0.25) is 4.79 Å². The van der Waals surface area contributed by atoms with Crippen molar-refractivity contribution >= 4 is 11.9 Å². The number of amides is 1. The molecule has 144 valence electrons. The number of carbonyl (C=O) groups is 2. The molecule has 3 aromatic rings. The topological polar surface area (TPSA) is 104 Å². The number of carbonyl (C=O) groups excluding carboxylic acids is 2. The molecule has 28 heavy (non-hydrogen) atoms. The zero-order chi connectivity index (χ0) is 19.9. The van der Waals surface area contributed by atoms with Crippen LogP contribution in [0.15, 0.2) is 52.9 Å². The molecular formula is C20H19N3O5. The molecule has 1 heterocycles. The maximum absolute atomic E-state index is 12.1. The van der Waals surface area contributed by atoms with Crippen LogP contribution in [0.4, 0.5) is 0 Å². The standard InChI is InChI=1S/C20H19N3O5/c1-13(24)21-11-14-3-5-16(6-4-14)20(25)27-12-18-22-23-19(28-18)15-7-9-17(26-2)10-8-15/h3-10H,11-12H2,1-2H3,(H,21,24). The summed E-state index contributed by atoms with van der Waals surface area (Å²) in [6.45, 7) is 1.72. The summed E-state index contributed by atoms with van der Waals surface area (Å²) in [6.07, 6.45) is 0. The van der Waals surface area contributed by atoms with Gasteiger partial charge in [0.1, 0.15) is 5.75 Å². The lowest BCUT2D eigenvalue weighted by atomic mass is 10.1. The second-order valence-corrected chi connectivity index (χ2v) is 5.91. The van der Waals surface area contributed by atoms with E-state index in [1.54, 1.807) is 55.6 Å². The van der Waals surface area contributed by atoms with Crippen LogP contribution < -0.4 is 10.1 Å². The maximum atomic E-state index is 12.1. The normalized spacial score (nSPS) is 10.4. The molecule has 1 aromatic heterocycles. The van der Waals surface area contributed by atoms with Gasteiger partial charge in [-0.15, -0.1) is 10.2 Å². The van der Waals surface area contributed by atoms with E-state index in [4.69, 9.17) is 13.9 Å². The van der Waals surface area contributed by atoms with Crippen molar-refractivity contribution in [2.45, 2.75) is 20.1 Å². The van der Waals surface area contributed by atoms with E-state index >= 15 is 0 Å². The molecule has 0 radical (unpaired) electrons. The number of hydrogen-bond acceptors (Lipinski definition) is 7. The highest BCUT2D eigenvalue weighted by atomic mass is 16.5. The SMILES string of the molecule is COc1ccc(-c2nnc(COC(=O)c3ccc(CNC(C)=O)cc3)o2)cc1. The Hall–Kier alpha value is -3.68. The van der Waals surface area contributed by atoms with Crippen LogP contribution in [-0.4, -0.2) is 29.2 Å². The molecule has 1 N–H and O–H groups in total. The maximum Gasteiger partial charge on any atom is 0.338 e. The third-order valence-corrected chi connectivity index (χ3v) is 3.86. The van der Waals surface area contributed by atoms with Crippen molar-refractivity contribution in [3.8, 4) is 17.2 Å². The summed E-state index contributed by atoms with van der Waals surface area (Å²) >= 11 is 0. The fraction of sp³-hybridized carbons (Fsp3) is 0.200. The van der Waals surface area contributed by atoms with Crippen LogP contribution in [0.1, 0.15) is 28.7 Å². The van der Waals surface area contributed by atoms with E-state index < -0.39 is 5.97 Å². The third kappa shape index (κ3) is 4.94. The molecule has 0 bridgehead atoms. The quantitative estimate of drug-likeness (QED) is 0.628. The van der Waals surface area contributed by atoms with Crippen LogP contribution in [0.3, 0.4) is 0 Å². The molecule has 3 rings (SSSR count). The molecule has 0 saturated carbocycles. The monoisotopic (exact) mass is 381 g/mol. The Balaban J connectivity index is 1.55. The van der Waals surface area contributed by atoms with Crippen molar-refractivity contribution in [3.63, 3.8) is 0 Å². The molecule has 0 aliphatic carbocycles. The first-order valence-electron chi connectivity index (χ1n) is 8.52. The average molecular weight is 381 g/mol. The zero-order valence-corrected chi connectivity index (χ0v) is 15.5. The fourth-order valence-corrected chi connectivity index (χ4v) is 2.36. The smallest absolute Gasteiger partial charge is 0.338 e. The van der Waals surface area contributed by atoms with Gasteiger partial charge < -0.3 is 19.2 Å². The lowest BCUT2D eigenvalue weighted by Crippen LogP contribution is -2.18. The molecule has 0 spiro atoms. The molecule has 0 fully saturated rings. The summed E-state index contributed by atoms with van der Waals surface area (Å²) in [5.41, 5.74) is 2.01. The number of esters is 1.